The van der Waals surface area contributed by atoms with Crippen molar-refractivity contribution >= 4 is 23.0 Å². The second kappa shape index (κ2) is 9.29. The van der Waals surface area contributed by atoms with E-state index in [0.717, 1.165) is 32.5 Å². The van der Waals surface area contributed by atoms with Gasteiger partial charge in [0.05, 0.1) is 5.69 Å². The van der Waals surface area contributed by atoms with Crippen LogP contribution in [0.5, 0.6) is 5.75 Å². The molecule has 1 aromatic carbocycles. The number of piperidine rings is 1. The molecule has 0 spiro atoms. The van der Waals surface area contributed by atoms with Crippen LogP contribution in [0.1, 0.15) is 17.7 Å². The van der Waals surface area contributed by atoms with Gasteiger partial charge in [-0.3, -0.25) is 9.89 Å². The Balaban J connectivity index is 1.48. The number of rotatable bonds is 6. The van der Waals surface area contributed by atoms with Crippen molar-refractivity contribution in [2.24, 2.45) is 16.6 Å². The van der Waals surface area contributed by atoms with Crippen molar-refractivity contribution in [2.45, 2.75) is 25.7 Å². The van der Waals surface area contributed by atoms with E-state index in [1.165, 1.54) is 23.1 Å². The van der Waals surface area contributed by atoms with Crippen molar-refractivity contribution in [2.75, 3.05) is 25.0 Å². The fourth-order valence-electron chi connectivity index (χ4n) is 3.14. The lowest BCUT2D eigenvalue weighted by Crippen LogP contribution is -2.34. The van der Waals surface area contributed by atoms with Crippen molar-refractivity contribution < 1.29 is 17.9 Å². The Morgan fingerprint density at radius 1 is 1.21 bits per heavy atom. The van der Waals surface area contributed by atoms with Crippen molar-refractivity contribution in [3.05, 3.63) is 46.7 Å². The van der Waals surface area contributed by atoms with Crippen LogP contribution >= 0.6 is 11.3 Å². The first-order valence-electron chi connectivity index (χ1n) is 9.05. The highest BCUT2D eigenvalue weighted by atomic mass is 32.1. The number of ether oxygens (including phenoxy) is 1. The van der Waals surface area contributed by atoms with Crippen LogP contribution in [0.3, 0.4) is 0 Å². The van der Waals surface area contributed by atoms with E-state index < -0.39 is 6.36 Å². The molecule has 2 aromatic rings. The monoisotopic (exact) mass is 412 g/mol. The Morgan fingerprint density at radius 3 is 2.64 bits per heavy atom. The molecular formula is C19H23F3N4OS. The summed E-state index contributed by atoms with van der Waals surface area (Å²) in [6.45, 7) is 3.54. The Morgan fingerprint density at radius 2 is 1.96 bits per heavy atom. The van der Waals surface area contributed by atoms with Crippen LogP contribution in [-0.4, -0.2) is 36.9 Å². The van der Waals surface area contributed by atoms with Crippen LogP contribution in [0.2, 0.25) is 0 Å². The van der Waals surface area contributed by atoms with Crippen LogP contribution < -0.4 is 15.8 Å². The summed E-state index contributed by atoms with van der Waals surface area (Å²) in [6, 6.07) is 9.97. The molecule has 1 aliphatic heterocycles. The van der Waals surface area contributed by atoms with Gasteiger partial charge in [0.25, 0.3) is 0 Å². The van der Waals surface area contributed by atoms with Gasteiger partial charge in [-0.2, -0.15) is 0 Å². The quantitative estimate of drug-likeness (QED) is 0.549. The van der Waals surface area contributed by atoms with Crippen molar-refractivity contribution in [3.8, 4) is 5.75 Å². The summed E-state index contributed by atoms with van der Waals surface area (Å²) in [5, 5.41) is 4.79. The lowest BCUT2D eigenvalue weighted by atomic mass is 9.97. The number of halogens is 3. The Labute approximate surface area is 166 Å². The Kier molecular flexibility index (Phi) is 6.79. The number of nitrogens with one attached hydrogen (secondary N) is 1. The maximum Gasteiger partial charge on any atom is 0.573 e. The summed E-state index contributed by atoms with van der Waals surface area (Å²) in [6.07, 6.45) is -2.72. The SMILES string of the molecule is NC(=NCC1CCN(Cc2cccs2)CC1)Nc1ccccc1OC(F)(F)F. The van der Waals surface area contributed by atoms with Crippen LogP contribution in [0.4, 0.5) is 18.9 Å². The number of thiophene rings is 1. The largest absolute Gasteiger partial charge is 0.573 e. The molecule has 1 aliphatic rings. The van der Waals surface area contributed by atoms with Crippen LogP contribution in [0.25, 0.3) is 0 Å². The summed E-state index contributed by atoms with van der Waals surface area (Å²) in [5.74, 6) is 0.163. The third-order valence-corrected chi connectivity index (χ3v) is 5.42. The predicted molar refractivity (Wildman–Crippen MR) is 106 cm³/mol. The molecule has 1 saturated heterocycles. The number of para-hydroxylation sites is 2. The number of anilines is 1. The second-order valence-electron chi connectivity index (χ2n) is 6.69. The molecule has 5 nitrogen and oxygen atoms in total. The topological polar surface area (TPSA) is 62.9 Å². The first kappa shape index (κ1) is 20.5. The van der Waals surface area contributed by atoms with E-state index in [-0.39, 0.29) is 17.4 Å². The molecule has 9 heteroatoms. The smallest absolute Gasteiger partial charge is 0.404 e. The van der Waals surface area contributed by atoms with Crippen molar-refractivity contribution in [3.63, 3.8) is 0 Å². The van der Waals surface area contributed by atoms with E-state index >= 15 is 0 Å². The van der Waals surface area contributed by atoms with Gasteiger partial charge in [-0.05, 0) is 55.4 Å². The summed E-state index contributed by atoms with van der Waals surface area (Å²) < 4.78 is 41.5. The zero-order chi connectivity index (χ0) is 20.0. The van der Waals surface area contributed by atoms with E-state index in [2.05, 4.69) is 37.5 Å². The van der Waals surface area contributed by atoms with E-state index in [1.807, 2.05) is 0 Å². The standard InChI is InChI=1S/C19H23F3N4OS/c20-19(21,22)27-17-6-2-1-5-16(17)25-18(23)24-12-14-7-9-26(10-8-14)13-15-4-3-11-28-15/h1-6,11,14H,7-10,12-13H2,(H3,23,24,25). The van der Waals surface area contributed by atoms with Crippen molar-refractivity contribution in [1.29, 1.82) is 0 Å². The van der Waals surface area contributed by atoms with E-state index in [9.17, 15) is 13.2 Å². The lowest BCUT2D eigenvalue weighted by Gasteiger charge is -2.30. The van der Waals surface area contributed by atoms with Crippen LogP contribution in [0, 0.1) is 5.92 Å². The van der Waals surface area contributed by atoms with Gasteiger partial charge in [0.2, 0.25) is 0 Å². The van der Waals surface area contributed by atoms with Gasteiger partial charge >= 0.3 is 6.36 Å². The summed E-state index contributed by atoms with van der Waals surface area (Å²) >= 11 is 1.77. The zero-order valence-corrected chi connectivity index (χ0v) is 16.1. The number of hydrogen-bond donors (Lipinski definition) is 2. The number of likely N-dealkylation sites (tertiary alicyclic amines) is 1. The van der Waals surface area contributed by atoms with E-state index in [1.54, 1.807) is 17.4 Å². The normalized spacial score (nSPS) is 16.9. The molecule has 0 amide bonds. The third kappa shape index (κ3) is 6.42. The van der Waals surface area contributed by atoms with Gasteiger partial charge in [0, 0.05) is 18.0 Å². The molecule has 152 valence electrons. The number of alkyl halides is 3. The number of nitrogens with zero attached hydrogens (tertiary/aromatic N) is 2. The molecule has 0 atom stereocenters. The molecule has 0 aliphatic carbocycles. The van der Waals surface area contributed by atoms with Crippen LogP contribution in [-0.2, 0) is 6.54 Å². The van der Waals surface area contributed by atoms with Gasteiger partial charge < -0.3 is 15.8 Å². The first-order valence-corrected chi connectivity index (χ1v) is 9.93. The molecule has 1 aromatic heterocycles. The average Bonchev–Trinajstić information content (AvgIpc) is 3.15. The maximum absolute atomic E-state index is 12.5. The Bertz CT molecular complexity index is 772. The molecule has 1 fully saturated rings. The number of hydrogen-bond acceptors (Lipinski definition) is 4. The second-order valence-corrected chi connectivity index (χ2v) is 7.73. The molecule has 2 heterocycles. The summed E-state index contributed by atoms with van der Waals surface area (Å²) in [5.41, 5.74) is 6.00. The minimum absolute atomic E-state index is 0.0826. The minimum Gasteiger partial charge on any atom is -0.404 e. The van der Waals surface area contributed by atoms with Gasteiger partial charge in [-0.25, -0.2) is 0 Å². The van der Waals surface area contributed by atoms with Gasteiger partial charge in [0.15, 0.2) is 11.7 Å². The molecule has 28 heavy (non-hydrogen) atoms. The van der Waals surface area contributed by atoms with Gasteiger partial charge in [0.1, 0.15) is 0 Å². The fourth-order valence-corrected chi connectivity index (χ4v) is 3.88. The highest BCUT2D eigenvalue weighted by Gasteiger charge is 2.32. The highest BCUT2D eigenvalue weighted by molar-refractivity contribution is 7.09. The maximum atomic E-state index is 12.5. The lowest BCUT2D eigenvalue weighted by molar-refractivity contribution is -0.274. The van der Waals surface area contributed by atoms with E-state index in [4.69, 9.17) is 5.73 Å². The zero-order valence-electron chi connectivity index (χ0n) is 15.3. The molecule has 3 rings (SSSR count). The number of benzene rings is 1. The molecule has 0 saturated carbocycles. The molecule has 0 bridgehead atoms. The highest BCUT2D eigenvalue weighted by Crippen LogP contribution is 2.29. The number of guanidine groups is 1. The molecule has 3 N–H and O–H groups in total. The fraction of sp³-hybridized carbons (Fsp3) is 0.421. The van der Waals surface area contributed by atoms with E-state index in [0.29, 0.717) is 12.5 Å². The average molecular weight is 412 g/mol. The molecule has 0 radical (unpaired) electrons. The number of nitrogens with two attached hydrogens (primary N) is 1. The summed E-state index contributed by atoms with van der Waals surface area (Å²) in [4.78, 5) is 8.11. The third-order valence-electron chi connectivity index (χ3n) is 4.56. The van der Waals surface area contributed by atoms with Crippen molar-refractivity contribution in [1.82, 2.24) is 4.90 Å². The van der Waals surface area contributed by atoms with Gasteiger partial charge in [-0.1, -0.05) is 18.2 Å². The molecular weight excluding hydrogens is 389 g/mol. The van der Waals surface area contributed by atoms with Gasteiger partial charge in [-0.15, -0.1) is 24.5 Å². The summed E-state index contributed by atoms with van der Waals surface area (Å²) in [7, 11) is 0. The van der Waals surface area contributed by atoms with Crippen LogP contribution in [0.15, 0.2) is 46.8 Å². The Hall–Kier alpha value is -2.26. The predicted octanol–water partition coefficient (Wildman–Crippen LogP) is 4.29. The minimum atomic E-state index is -4.76. The first-order chi connectivity index (χ1) is 13.4. The molecule has 0 unspecified atom stereocenters. The number of aliphatic imine (C=N–C) groups is 1.